The molecule has 0 aromatic heterocycles. The van der Waals surface area contributed by atoms with Crippen LogP contribution in [0.1, 0.15) is 46.0 Å². The highest BCUT2D eigenvalue weighted by Gasteiger charge is 2.32. The molecule has 3 atom stereocenters. The summed E-state index contributed by atoms with van der Waals surface area (Å²) in [5.74, 6) is -0.924. The molecule has 0 spiro atoms. The third-order valence-electron chi connectivity index (χ3n) is 3.80. The molecule has 0 aromatic rings. The first-order valence-electron chi connectivity index (χ1n) is 7.16. The maximum Gasteiger partial charge on any atom is 0.326 e. The van der Waals surface area contributed by atoms with Crippen LogP contribution >= 0.6 is 0 Å². The molecule has 0 aromatic carbocycles. The van der Waals surface area contributed by atoms with Gasteiger partial charge < -0.3 is 15.7 Å². The van der Waals surface area contributed by atoms with Gasteiger partial charge in [-0.1, -0.05) is 26.7 Å². The fourth-order valence-corrected chi connectivity index (χ4v) is 2.76. The number of amides is 1. The normalized spacial score (nSPS) is 25.1. The van der Waals surface area contributed by atoms with Crippen molar-refractivity contribution in [3.05, 3.63) is 0 Å². The molecule has 5 heteroatoms. The topological polar surface area (TPSA) is 78.4 Å². The van der Waals surface area contributed by atoms with E-state index in [-0.39, 0.29) is 23.8 Å². The summed E-state index contributed by atoms with van der Waals surface area (Å²) in [6.45, 7) is 3.91. The largest absolute Gasteiger partial charge is 0.480 e. The van der Waals surface area contributed by atoms with Crippen LogP contribution in [0.5, 0.6) is 0 Å². The molecule has 3 N–H and O–H groups in total. The maximum absolute atomic E-state index is 12.2. The van der Waals surface area contributed by atoms with E-state index in [2.05, 4.69) is 10.6 Å². The van der Waals surface area contributed by atoms with E-state index in [1.165, 1.54) is 0 Å². The number of carboxylic acids is 1. The highest BCUT2D eigenvalue weighted by molar-refractivity contribution is 5.85. The van der Waals surface area contributed by atoms with Gasteiger partial charge in [-0.05, 0) is 32.2 Å². The lowest BCUT2D eigenvalue weighted by atomic mass is 9.83. The zero-order chi connectivity index (χ0) is 14.4. The van der Waals surface area contributed by atoms with Gasteiger partial charge in [-0.3, -0.25) is 4.79 Å². The van der Waals surface area contributed by atoms with E-state index < -0.39 is 12.0 Å². The van der Waals surface area contributed by atoms with E-state index >= 15 is 0 Å². The number of hydrogen-bond acceptors (Lipinski definition) is 3. The summed E-state index contributed by atoms with van der Waals surface area (Å²) in [4.78, 5) is 23.4. The number of hydrogen-bond donors (Lipinski definition) is 3. The molecular formula is C14H26N2O3. The van der Waals surface area contributed by atoms with Gasteiger partial charge >= 0.3 is 5.97 Å². The first-order valence-corrected chi connectivity index (χ1v) is 7.16. The SMILES string of the molecule is CN[C@H]1CCCC[C@@H]1C(=O)N[C@@H](CC(C)C)C(=O)O. The van der Waals surface area contributed by atoms with Crippen molar-refractivity contribution in [1.29, 1.82) is 0 Å². The maximum atomic E-state index is 12.2. The number of carbonyl (C=O) groups excluding carboxylic acids is 1. The Bertz CT molecular complexity index is 318. The summed E-state index contributed by atoms with van der Waals surface area (Å²) in [5, 5.41) is 15.0. The fraction of sp³-hybridized carbons (Fsp3) is 0.857. The number of carbonyl (C=O) groups is 2. The number of nitrogens with one attached hydrogen (secondary N) is 2. The van der Waals surface area contributed by atoms with Crippen LogP contribution in [0.15, 0.2) is 0 Å². The molecule has 1 rings (SSSR count). The Balaban J connectivity index is 2.62. The Morgan fingerprint density at radius 3 is 2.42 bits per heavy atom. The second kappa shape index (κ2) is 7.48. The van der Waals surface area contributed by atoms with Crippen LogP contribution < -0.4 is 10.6 Å². The molecule has 0 saturated heterocycles. The summed E-state index contributed by atoms with van der Waals surface area (Å²) < 4.78 is 0. The predicted octanol–water partition coefficient (Wildman–Crippen LogP) is 1.38. The van der Waals surface area contributed by atoms with Gasteiger partial charge in [0.25, 0.3) is 0 Å². The van der Waals surface area contributed by atoms with E-state index in [9.17, 15) is 9.59 Å². The van der Waals surface area contributed by atoms with Gasteiger partial charge in [0, 0.05) is 6.04 Å². The highest BCUT2D eigenvalue weighted by atomic mass is 16.4. The average Bonchev–Trinajstić information content (AvgIpc) is 2.37. The van der Waals surface area contributed by atoms with Crippen LogP contribution in [0.4, 0.5) is 0 Å². The molecule has 0 aliphatic heterocycles. The first kappa shape index (κ1) is 16.0. The van der Waals surface area contributed by atoms with E-state index in [0.717, 1.165) is 25.7 Å². The van der Waals surface area contributed by atoms with Crippen molar-refractivity contribution >= 4 is 11.9 Å². The molecule has 1 fully saturated rings. The van der Waals surface area contributed by atoms with Crippen molar-refractivity contribution in [1.82, 2.24) is 10.6 Å². The minimum absolute atomic E-state index is 0.104. The minimum Gasteiger partial charge on any atom is -0.480 e. The van der Waals surface area contributed by atoms with Gasteiger partial charge in [-0.25, -0.2) is 4.79 Å². The standard InChI is InChI=1S/C14H26N2O3/c1-9(2)8-12(14(18)19)16-13(17)10-6-4-5-7-11(10)15-3/h9-12,15H,4-8H2,1-3H3,(H,16,17)(H,18,19)/t10-,11-,12-/m0/s1. The lowest BCUT2D eigenvalue weighted by molar-refractivity contribution is -0.143. The predicted molar refractivity (Wildman–Crippen MR) is 73.8 cm³/mol. The highest BCUT2D eigenvalue weighted by Crippen LogP contribution is 2.24. The number of rotatable bonds is 6. The molecule has 0 heterocycles. The summed E-state index contributed by atoms with van der Waals surface area (Å²) >= 11 is 0. The van der Waals surface area contributed by atoms with Crippen LogP contribution in [0, 0.1) is 11.8 Å². The Morgan fingerprint density at radius 1 is 1.26 bits per heavy atom. The number of carboxylic acid groups (broad SMARTS) is 1. The zero-order valence-corrected chi connectivity index (χ0v) is 12.1. The van der Waals surface area contributed by atoms with Crippen molar-refractivity contribution in [2.45, 2.75) is 58.0 Å². The van der Waals surface area contributed by atoms with Crippen molar-refractivity contribution in [3.8, 4) is 0 Å². The third-order valence-corrected chi connectivity index (χ3v) is 3.80. The lowest BCUT2D eigenvalue weighted by Crippen LogP contribution is -2.50. The Kier molecular flexibility index (Phi) is 6.28. The molecule has 0 radical (unpaired) electrons. The van der Waals surface area contributed by atoms with Crippen molar-refractivity contribution in [3.63, 3.8) is 0 Å². The van der Waals surface area contributed by atoms with Gasteiger partial charge in [0.05, 0.1) is 5.92 Å². The van der Waals surface area contributed by atoms with Gasteiger partial charge in [0.2, 0.25) is 5.91 Å². The second-order valence-corrected chi connectivity index (χ2v) is 5.82. The molecule has 5 nitrogen and oxygen atoms in total. The molecule has 1 amide bonds. The smallest absolute Gasteiger partial charge is 0.326 e. The van der Waals surface area contributed by atoms with Gasteiger partial charge in [-0.2, -0.15) is 0 Å². The molecule has 1 saturated carbocycles. The summed E-state index contributed by atoms with van der Waals surface area (Å²) in [7, 11) is 1.86. The quantitative estimate of drug-likeness (QED) is 0.681. The Labute approximate surface area is 115 Å². The van der Waals surface area contributed by atoms with Gasteiger partial charge in [0.1, 0.15) is 6.04 Å². The molecule has 19 heavy (non-hydrogen) atoms. The minimum atomic E-state index is -0.945. The molecular weight excluding hydrogens is 244 g/mol. The van der Waals surface area contributed by atoms with Crippen LogP contribution in [-0.4, -0.2) is 36.1 Å². The van der Waals surface area contributed by atoms with Gasteiger partial charge in [-0.15, -0.1) is 0 Å². The van der Waals surface area contributed by atoms with Crippen molar-refractivity contribution in [2.75, 3.05) is 7.05 Å². The lowest BCUT2D eigenvalue weighted by Gasteiger charge is -2.31. The van der Waals surface area contributed by atoms with Gasteiger partial charge in [0.15, 0.2) is 0 Å². The van der Waals surface area contributed by atoms with E-state index in [4.69, 9.17) is 5.11 Å². The summed E-state index contributed by atoms with van der Waals surface area (Å²) in [6.07, 6.45) is 4.46. The molecule has 0 unspecified atom stereocenters. The van der Waals surface area contributed by atoms with Crippen LogP contribution in [0.2, 0.25) is 0 Å². The summed E-state index contributed by atoms with van der Waals surface area (Å²) in [5.41, 5.74) is 0. The summed E-state index contributed by atoms with van der Waals surface area (Å²) in [6, 6.07) is -0.603. The van der Waals surface area contributed by atoms with Crippen molar-refractivity contribution in [2.24, 2.45) is 11.8 Å². The van der Waals surface area contributed by atoms with E-state index in [1.54, 1.807) is 0 Å². The third kappa shape index (κ3) is 4.82. The molecule has 110 valence electrons. The Hall–Kier alpha value is -1.10. The second-order valence-electron chi connectivity index (χ2n) is 5.82. The number of aliphatic carboxylic acids is 1. The van der Waals surface area contributed by atoms with Crippen LogP contribution in [0.3, 0.4) is 0 Å². The Morgan fingerprint density at radius 2 is 1.89 bits per heavy atom. The molecule has 0 bridgehead atoms. The van der Waals surface area contributed by atoms with Crippen LogP contribution in [0.25, 0.3) is 0 Å². The van der Waals surface area contributed by atoms with Crippen molar-refractivity contribution < 1.29 is 14.7 Å². The molecule has 1 aliphatic rings. The average molecular weight is 270 g/mol. The molecule has 1 aliphatic carbocycles. The van der Waals surface area contributed by atoms with E-state index in [1.807, 2.05) is 20.9 Å². The monoisotopic (exact) mass is 270 g/mol. The van der Waals surface area contributed by atoms with Crippen LogP contribution in [-0.2, 0) is 9.59 Å². The zero-order valence-electron chi connectivity index (χ0n) is 12.1. The fourth-order valence-electron chi connectivity index (χ4n) is 2.76. The first-order chi connectivity index (χ1) is 8.95. The van der Waals surface area contributed by atoms with E-state index in [0.29, 0.717) is 6.42 Å².